The van der Waals surface area contributed by atoms with Crippen LogP contribution in [-0.4, -0.2) is 39.0 Å². The molecule has 0 unspecified atom stereocenters. The average Bonchev–Trinajstić information content (AvgIpc) is 3.16. The minimum atomic E-state index is -3.94. The van der Waals surface area contributed by atoms with Gasteiger partial charge in [-0.05, 0) is 24.3 Å². The summed E-state index contributed by atoms with van der Waals surface area (Å²) in [6, 6.07) is 11.5. The van der Waals surface area contributed by atoms with Crippen LogP contribution in [-0.2, 0) is 10.0 Å². The zero-order valence-electron chi connectivity index (χ0n) is 15.0. The molecular weight excluding hydrogens is 404 g/mol. The summed E-state index contributed by atoms with van der Waals surface area (Å²) in [5.74, 6) is 0.623. The molecule has 3 aromatic rings. The smallest absolute Gasteiger partial charge is 0.280 e. The number of hydrazone groups is 1. The summed E-state index contributed by atoms with van der Waals surface area (Å²) in [7, 11) is -1.08. The Morgan fingerprint density at radius 1 is 1.14 bits per heavy atom. The zero-order chi connectivity index (χ0) is 20.1. The molecule has 2 N–H and O–H groups in total. The van der Waals surface area contributed by atoms with Crippen LogP contribution in [0.2, 0.25) is 5.02 Å². The number of nitrogens with one attached hydrogen (secondary N) is 2. The number of H-pyrrole nitrogens is 1. The van der Waals surface area contributed by atoms with Crippen molar-refractivity contribution in [3.63, 3.8) is 0 Å². The van der Waals surface area contributed by atoms with Crippen molar-refractivity contribution in [3.8, 4) is 22.8 Å². The highest BCUT2D eigenvalue weighted by Crippen LogP contribution is 2.28. The van der Waals surface area contributed by atoms with Gasteiger partial charge in [0, 0.05) is 22.2 Å². The molecule has 0 spiro atoms. The summed E-state index contributed by atoms with van der Waals surface area (Å²) in [5, 5.41) is 11.3. The minimum Gasteiger partial charge on any atom is -0.497 e. The second kappa shape index (κ2) is 8.32. The van der Waals surface area contributed by atoms with Gasteiger partial charge in [-0.1, -0.05) is 23.7 Å². The van der Waals surface area contributed by atoms with E-state index in [-0.39, 0.29) is 10.6 Å². The number of nitrogens with zero attached hydrogens (tertiary/aromatic N) is 2. The monoisotopic (exact) mass is 420 g/mol. The first-order valence-electron chi connectivity index (χ1n) is 8.01. The maximum absolute atomic E-state index is 12.5. The predicted octanol–water partition coefficient (Wildman–Crippen LogP) is 3.06. The largest absolute Gasteiger partial charge is 0.497 e. The Bertz CT molecular complexity index is 1100. The number of hydrogen-bond acceptors (Lipinski definition) is 6. The number of benzene rings is 2. The number of rotatable bonds is 7. The van der Waals surface area contributed by atoms with E-state index in [1.165, 1.54) is 44.8 Å². The Hall–Kier alpha value is -3.04. The van der Waals surface area contributed by atoms with Gasteiger partial charge < -0.3 is 9.47 Å². The Morgan fingerprint density at radius 3 is 2.57 bits per heavy atom. The van der Waals surface area contributed by atoms with Gasteiger partial charge in [-0.3, -0.25) is 5.10 Å². The SMILES string of the molecule is COc1ccc(S(=O)(=O)N/N=C\c2cn[nH]c2-c2ccc(Cl)cc2)c(OC)c1. The highest BCUT2D eigenvalue weighted by Gasteiger charge is 2.19. The Labute approximate surface area is 167 Å². The van der Waals surface area contributed by atoms with Gasteiger partial charge in [-0.25, -0.2) is 0 Å². The van der Waals surface area contributed by atoms with Crippen molar-refractivity contribution < 1.29 is 17.9 Å². The third-order valence-electron chi connectivity index (χ3n) is 3.84. The van der Waals surface area contributed by atoms with Crippen LogP contribution in [0, 0.1) is 0 Å². The van der Waals surface area contributed by atoms with Crippen molar-refractivity contribution >= 4 is 27.8 Å². The molecule has 0 atom stereocenters. The second-order valence-corrected chi connectivity index (χ2v) is 7.64. The van der Waals surface area contributed by atoms with Crippen molar-refractivity contribution in [2.45, 2.75) is 4.90 Å². The molecule has 28 heavy (non-hydrogen) atoms. The minimum absolute atomic E-state index is 0.0573. The molecule has 1 aromatic heterocycles. The van der Waals surface area contributed by atoms with Crippen LogP contribution in [0.1, 0.15) is 5.56 Å². The van der Waals surface area contributed by atoms with Gasteiger partial charge in [0.15, 0.2) is 0 Å². The number of sulfonamides is 1. The molecule has 0 amide bonds. The molecule has 146 valence electrons. The fourth-order valence-electron chi connectivity index (χ4n) is 2.45. The fraction of sp³-hybridized carbons (Fsp3) is 0.111. The van der Waals surface area contributed by atoms with E-state index < -0.39 is 10.0 Å². The lowest BCUT2D eigenvalue weighted by molar-refractivity contribution is 0.386. The van der Waals surface area contributed by atoms with Gasteiger partial charge in [-0.15, -0.1) is 0 Å². The van der Waals surface area contributed by atoms with E-state index >= 15 is 0 Å². The molecule has 0 bridgehead atoms. The summed E-state index contributed by atoms with van der Waals surface area (Å²) in [5.41, 5.74) is 2.12. The Morgan fingerprint density at radius 2 is 1.89 bits per heavy atom. The lowest BCUT2D eigenvalue weighted by atomic mass is 10.1. The first kappa shape index (κ1) is 19.7. The summed E-state index contributed by atoms with van der Waals surface area (Å²) in [6.45, 7) is 0. The van der Waals surface area contributed by atoms with Crippen LogP contribution in [0.25, 0.3) is 11.3 Å². The zero-order valence-corrected chi connectivity index (χ0v) is 16.6. The lowest BCUT2D eigenvalue weighted by Gasteiger charge is -2.10. The first-order valence-corrected chi connectivity index (χ1v) is 9.87. The van der Waals surface area contributed by atoms with E-state index in [4.69, 9.17) is 21.1 Å². The van der Waals surface area contributed by atoms with Crippen molar-refractivity contribution in [2.75, 3.05) is 14.2 Å². The molecule has 1 heterocycles. The third kappa shape index (κ3) is 4.26. The molecule has 0 saturated heterocycles. The number of halogens is 1. The topological polar surface area (TPSA) is 106 Å². The number of aromatic nitrogens is 2. The van der Waals surface area contributed by atoms with Crippen molar-refractivity contribution in [2.24, 2.45) is 5.10 Å². The van der Waals surface area contributed by atoms with E-state index in [0.717, 1.165) is 5.56 Å². The van der Waals surface area contributed by atoms with E-state index in [0.29, 0.717) is 22.0 Å². The van der Waals surface area contributed by atoms with Crippen molar-refractivity contribution in [3.05, 3.63) is 59.2 Å². The molecule has 8 nitrogen and oxygen atoms in total. The third-order valence-corrected chi connectivity index (χ3v) is 5.35. The highest BCUT2D eigenvalue weighted by molar-refractivity contribution is 7.89. The van der Waals surface area contributed by atoms with E-state index in [1.54, 1.807) is 12.1 Å². The van der Waals surface area contributed by atoms with E-state index in [1.807, 2.05) is 12.1 Å². The van der Waals surface area contributed by atoms with Crippen LogP contribution >= 0.6 is 11.6 Å². The molecule has 0 fully saturated rings. The van der Waals surface area contributed by atoms with Crippen LogP contribution in [0.4, 0.5) is 0 Å². The van der Waals surface area contributed by atoms with Crippen LogP contribution in [0.5, 0.6) is 11.5 Å². The standard InChI is InChI=1S/C18H17ClN4O4S/c1-26-15-7-8-17(16(9-15)27-2)28(24,25)23-21-11-13-10-20-22-18(13)12-3-5-14(19)6-4-12/h3-11,23H,1-2H3,(H,20,22)/b21-11-. The summed E-state index contributed by atoms with van der Waals surface area (Å²) in [6.07, 6.45) is 2.90. The average molecular weight is 421 g/mol. The van der Waals surface area contributed by atoms with Crippen molar-refractivity contribution in [1.82, 2.24) is 15.0 Å². The van der Waals surface area contributed by atoms with Crippen LogP contribution < -0.4 is 14.3 Å². The maximum atomic E-state index is 12.5. The van der Waals surface area contributed by atoms with Gasteiger partial charge >= 0.3 is 0 Å². The molecule has 0 aliphatic heterocycles. The molecular formula is C18H17ClN4O4S. The van der Waals surface area contributed by atoms with Gasteiger partial charge in [0.2, 0.25) is 0 Å². The Kier molecular flexibility index (Phi) is 5.86. The first-order chi connectivity index (χ1) is 13.4. The van der Waals surface area contributed by atoms with Crippen LogP contribution in [0.3, 0.4) is 0 Å². The molecule has 0 saturated carbocycles. The number of methoxy groups -OCH3 is 2. The maximum Gasteiger partial charge on any atom is 0.280 e. The molecule has 0 radical (unpaired) electrons. The van der Waals surface area contributed by atoms with Crippen LogP contribution in [0.15, 0.2) is 58.7 Å². The number of ether oxygens (including phenoxy) is 2. The normalized spacial score (nSPS) is 11.5. The molecule has 3 rings (SSSR count). The molecule has 10 heteroatoms. The molecule has 0 aliphatic carbocycles. The van der Waals surface area contributed by atoms with Gasteiger partial charge in [-0.2, -0.15) is 23.4 Å². The summed E-state index contributed by atoms with van der Waals surface area (Å²) in [4.78, 5) is 2.11. The Balaban J connectivity index is 1.82. The van der Waals surface area contributed by atoms with Crippen molar-refractivity contribution in [1.29, 1.82) is 0 Å². The highest BCUT2D eigenvalue weighted by atomic mass is 35.5. The van der Waals surface area contributed by atoms with Gasteiger partial charge in [0.05, 0.1) is 32.3 Å². The summed E-state index contributed by atoms with van der Waals surface area (Å²) < 4.78 is 35.3. The summed E-state index contributed by atoms with van der Waals surface area (Å²) >= 11 is 5.90. The van der Waals surface area contributed by atoms with E-state index in [9.17, 15) is 8.42 Å². The van der Waals surface area contributed by atoms with E-state index in [2.05, 4.69) is 20.1 Å². The fourth-order valence-corrected chi connectivity index (χ4v) is 3.52. The number of hydrogen-bond donors (Lipinski definition) is 2. The molecule has 0 aliphatic rings. The second-order valence-electron chi connectivity index (χ2n) is 5.58. The van der Waals surface area contributed by atoms with Gasteiger partial charge in [0.1, 0.15) is 16.4 Å². The lowest BCUT2D eigenvalue weighted by Crippen LogP contribution is -2.19. The number of aromatic amines is 1. The van der Waals surface area contributed by atoms with Gasteiger partial charge in [0.25, 0.3) is 10.0 Å². The molecule has 2 aromatic carbocycles. The predicted molar refractivity (Wildman–Crippen MR) is 106 cm³/mol. The quantitative estimate of drug-likeness (QED) is 0.451.